The van der Waals surface area contributed by atoms with Crippen LogP contribution in [0.1, 0.15) is 25.8 Å². The van der Waals surface area contributed by atoms with Crippen molar-refractivity contribution in [3.63, 3.8) is 0 Å². The van der Waals surface area contributed by atoms with Crippen LogP contribution in [0.4, 0.5) is 4.79 Å². The Morgan fingerprint density at radius 2 is 2.13 bits per heavy atom. The number of ether oxygens (including phenoxy) is 3. The Balaban J connectivity index is 1.80. The summed E-state index contributed by atoms with van der Waals surface area (Å²) in [5.41, 5.74) is -0.128. The van der Waals surface area contributed by atoms with Crippen LogP contribution in [-0.2, 0) is 44.0 Å². The Kier molecular flexibility index (Phi) is 9.08. The topological polar surface area (TPSA) is 152 Å². The molecule has 1 aromatic heterocycles. The third-order valence-electron chi connectivity index (χ3n) is 4.19. The van der Waals surface area contributed by atoms with E-state index in [-0.39, 0.29) is 26.2 Å². The van der Waals surface area contributed by atoms with E-state index in [0.717, 1.165) is 0 Å². The summed E-state index contributed by atoms with van der Waals surface area (Å²) in [4.78, 5) is 49.6. The molecule has 0 aromatic carbocycles. The van der Waals surface area contributed by atoms with E-state index in [0.29, 0.717) is 5.56 Å². The summed E-state index contributed by atoms with van der Waals surface area (Å²) < 4.78 is 29.9. The average Bonchev–Trinajstić information content (AvgIpc) is 2.74. The summed E-state index contributed by atoms with van der Waals surface area (Å²) in [6.45, 7) is 2.65. The van der Waals surface area contributed by atoms with Crippen molar-refractivity contribution in [2.75, 3.05) is 27.1 Å². The van der Waals surface area contributed by atoms with Crippen molar-refractivity contribution < 1.29 is 47.1 Å². The summed E-state index contributed by atoms with van der Waals surface area (Å²) in [5.74, 6) is -1.03. The van der Waals surface area contributed by atoms with E-state index in [1.807, 2.05) is 0 Å². The predicted molar refractivity (Wildman–Crippen MR) is 106 cm³/mol. The Bertz CT molecular complexity index is 763. The van der Waals surface area contributed by atoms with E-state index in [1.54, 1.807) is 32.2 Å². The molecule has 1 amide bonds. The molecule has 13 heteroatoms. The summed E-state index contributed by atoms with van der Waals surface area (Å²) in [6, 6.07) is 3.41. The summed E-state index contributed by atoms with van der Waals surface area (Å²) in [7, 11) is -3.02. The molecule has 0 bridgehead atoms. The first-order valence-corrected chi connectivity index (χ1v) is 11.0. The molecule has 1 fully saturated rings. The van der Waals surface area contributed by atoms with Gasteiger partial charge in [0.2, 0.25) is 0 Å². The van der Waals surface area contributed by atoms with Crippen LogP contribution < -0.4 is 5.32 Å². The van der Waals surface area contributed by atoms with E-state index in [2.05, 4.69) is 15.0 Å². The molecule has 1 aliphatic rings. The van der Waals surface area contributed by atoms with E-state index in [9.17, 15) is 19.3 Å². The molecule has 0 spiro atoms. The van der Waals surface area contributed by atoms with Crippen LogP contribution in [0.2, 0.25) is 0 Å². The standard InChI is InChI=1S/C18H27N2O10P/c1-18(2)11-28-31(24,30-15(18)16(22)20-8-6-14(21)25-3)29-12-27-17(23)26-10-13-5-4-7-19-9-13/h4-5,7,9,15,24,31H,6,8,10-12H2,1-3H3,(H,20,22)/t15-/m0/s1. The van der Waals surface area contributed by atoms with Crippen molar-refractivity contribution in [3.8, 4) is 0 Å². The van der Waals surface area contributed by atoms with Gasteiger partial charge < -0.3 is 0 Å². The first-order valence-electron chi connectivity index (χ1n) is 9.36. The van der Waals surface area contributed by atoms with Gasteiger partial charge in [-0.3, -0.25) is 0 Å². The molecule has 12 nitrogen and oxygen atoms in total. The maximum absolute atomic E-state index is 12.5. The zero-order chi connectivity index (χ0) is 22.9. The van der Waals surface area contributed by atoms with Gasteiger partial charge in [-0.05, 0) is 0 Å². The number of pyridine rings is 1. The van der Waals surface area contributed by atoms with Gasteiger partial charge in [-0.15, -0.1) is 0 Å². The van der Waals surface area contributed by atoms with Gasteiger partial charge in [0.15, 0.2) is 0 Å². The fourth-order valence-corrected chi connectivity index (χ4v) is 4.19. The zero-order valence-corrected chi connectivity index (χ0v) is 18.5. The minimum absolute atomic E-state index is 0.0148. The van der Waals surface area contributed by atoms with Gasteiger partial charge in [-0.1, -0.05) is 0 Å². The summed E-state index contributed by atoms with van der Waals surface area (Å²) in [6.07, 6.45) is 0.946. The molecule has 1 aromatic rings. The first-order chi connectivity index (χ1) is 14.6. The second-order valence-corrected chi connectivity index (χ2v) is 9.08. The van der Waals surface area contributed by atoms with Crippen LogP contribution in [0.5, 0.6) is 0 Å². The number of amides is 1. The number of nitrogens with zero attached hydrogens (tertiary/aromatic N) is 1. The number of carbonyl (C=O) groups is 3. The molecule has 2 heterocycles. The number of rotatable bonds is 9. The van der Waals surface area contributed by atoms with Gasteiger partial charge in [0.25, 0.3) is 0 Å². The Hall–Kier alpha value is -2.37. The minimum atomic E-state index is -4.27. The van der Waals surface area contributed by atoms with Gasteiger partial charge in [0, 0.05) is 0 Å². The van der Waals surface area contributed by atoms with Crippen molar-refractivity contribution in [2.45, 2.75) is 33.0 Å². The Morgan fingerprint density at radius 1 is 1.35 bits per heavy atom. The molecule has 0 radical (unpaired) electrons. The normalized spacial score (nSPS) is 20.2. The zero-order valence-electron chi connectivity index (χ0n) is 17.5. The van der Waals surface area contributed by atoms with E-state index >= 15 is 0 Å². The van der Waals surface area contributed by atoms with Gasteiger partial charge >= 0.3 is 179 Å². The molecule has 0 unspecified atom stereocenters. The third kappa shape index (κ3) is 8.00. The summed E-state index contributed by atoms with van der Waals surface area (Å²) in [5, 5.41) is 2.54. The molecule has 0 saturated carbocycles. The number of hydrogen-bond acceptors (Lipinski definition) is 11. The van der Waals surface area contributed by atoms with E-state index < -0.39 is 44.5 Å². The Morgan fingerprint density at radius 3 is 2.81 bits per heavy atom. The van der Waals surface area contributed by atoms with Crippen molar-refractivity contribution in [1.29, 1.82) is 0 Å². The van der Waals surface area contributed by atoms with Crippen LogP contribution in [0, 0.1) is 5.41 Å². The van der Waals surface area contributed by atoms with Crippen molar-refractivity contribution in [2.24, 2.45) is 5.41 Å². The predicted octanol–water partition coefficient (Wildman–Crippen LogP) is 1.23. The van der Waals surface area contributed by atoms with E-state index in [1.165, 1.54) is 13.3 Å². The molecule has 1 aliphatic heterocycles. The number of nitrogens with one attached hydrogen (secondary N) is 1. The maximum atomic E-state index is 12.5. The van der Waals surface area contributed by atoms with Crippen LogP contribution >= 0.6 is 8.17 Å². The number of aromatic nitrogens is 1. The van der Waals surface area contributed by atoms with Crippen molar-refractivity contribution in [1.82, 2.24) is 10.3 Å². The number of methoxy groups -OCH3 is 1. The molecule has 1 saturated heterocycles. The molecule has 0 aliphatic carbocycles. The van der Waals surface area contributed by atoms with Gasteiger partial charge in [-0.25, -0.2) is 0 Å². The Labute approximate surface area is 179 Å². The van der Waals surface area contributed by atoms with Gasteiger partial charge in [-0.2, -0.15) is 0 Å². The number of hydrogen-bond donors (Lipinski definition) is 2. The van der Waals surface area contributed by atoms with Gasteiger partial charge in [0.1, 0.15) is 0 Å². The third-order valence-corrected chi connectivity index (χ3v) is 5.72. The summed E-state index contributed by atoms with van der Waals surface area (Å²) >= 11 is 0. The van der Waals surface area contributed by atoms with E-state index in [4.69, 9.17) is 23.0 Å². The molecule has 1 atom stereocenters. The second-order valence-electron chi connectivity index (χ2n) is 7.22. The molecule has 2 rings (SSSR count). The van der Waals surface area contributed by atoms with Crippen molar-refractivity contribution in [3.05, 3.63) is 30.1 Å². The van der Waals surface area contributed by atoms with Crippen LogP contribution in [0.15, 0.2) is 24.5 Å². The molecule has 2 N–H and O–H groups in total. The van der Waals surface area contributed by atoms with Crippen LogP contribution in [-0.4, -0.2) is 61.1 Å². The SMILES string of the molecule is COC(=O)CCNC(=O)[C@@H]1O[PH](O)(OCOC(=O)OCc2cccnc2)OCC1(C)C. The number of carbonyl (C=O) groups excluding carboxylic acids is 3. The van der Waals surface area contributed by atoms with Crippen LogP contribution in [0.3, 0.4) is 0 Å². The fourth-order valence-electron chi connectivity index (χ4n) is 2.48. The van der Waals surface area contributed by atoms with Gasteiger partial charge in [0.05, 0.1) is 0 Å². The average molecular weight is 462 g/mol. The first kappa shape index (κ1) is 24.9. The molecule has 31 heavy (non-hydrogen) atoms. The fraction of sp³-hybridized carbons (Fsp3) is 0.556. The van der Waals surface area contributed by atoms with Crippen molar-refractivity contribution >= 4 is 26.2 Å². The molecular formula is C18H27N2O10P. The molecule has 174 valence electrons. The number of esters is 1. The monoisotopic (exact) mass is 462 g/mol. The molecular weight excluding hydrogens is 435 g/mol. The van der Waals surface area contributed by atoms with Crippen LogP contribution in [0.25, 0.3) is 0 Å². The quantitative estimate of drug-likeness (QED) is 0.310. The second kappa shape index (κ2) is 11.3.